The maximum absolute atomic E-state index is 15.5. The Bertz CT molecular complexity index is 3360. The minimum Gasteiger partial charge on any atom is -0.462 e. The molecule has 12 amide bonds. The molecule has 0 bridgehead atoms. The monoisotopic (exact) mass is 1470 g/mol. The fraction of sp³-hybridized carbons (Fsp3) is 0.726. The summed E-state index contributed by atoms with van der Waals surface area (Å²) in [5.41, 5.74) is -3.19. The fourth-order valence-electron chi connectivity index (χ4n) is 14.6. The van der Waals surface area contributed by atoms with E-state index in [0.717, 1.165) is 55.2 Å². The average molecular weight is 1470 g/mol. The number of fused-ring (bicyclic) bond motifs is 5. The zero-order valence-electron chi connectivity index (χ0n) is 66.2. The lowest BCUT2D eigenvalue weighted by molar-refractivity contribution is -0.175. The smallest absolute Gasteiger partial charge is 0.304 e. The molecule has 5 N–H and O–H groups in total. The first-order valence-electron chi connectivity index (χ1n) is 35.9. The number of ether oxygens (including phenoxy) is 2. The van der Waals surface area contributed by atoms with Gasteiger partial charge in [0.15, 0.2) is 0 Å². The highest BCUT2D eigenvalue weighted by Gasteiger charge is 2.61. The van der Waals surface area contributed by atoms with Crippen LogP contribution in [0.3, 0.4) is 0 Å². The molecule has 31 heteroatoms. The number of anilines is 1. The topological polar surface area (TPSA) is 366 Å². The summed E-state index contributed by atoms with van der Waals surface area (Å²) in [4.78, 5) is 218. The number of aliphatic hydroxyl groups is 2. The fourth-order valence-corrected chi connectivity index (χ4v) is 14.6. The van der Waals surface area contributed by atoms with Crippen molar-refractivity contribution in [1.82, 2.24) is 59.6 Å². The van der Waals surface area contributed by atoms with Gasteiger partial charge in [0.25, 0.3) is 12.1 Å². The summed E-state index contributed by atoms with van der Waals surface area (Å²) in [6.45, 7) is 26.2. The lowest BCUT2D eigenvalue weighted by Gasteiger charge is -2.43. The van der Waals surface area contributed by atoms with E-state index in [1.54, 1.807) is 107 Å². The van der Waals surface area contributed by atoms with E-state index in [1.807, 2.05) is 0 Å². The number of hydrogen-bond acceptors (Lipinski definition) is 19. The van der Waals surface area contributed by atoms with E-state index in [0.29, 0.717) is 29.0 Å². The van der Waals surface area contributed by atoms with Crippen LogP contribution in [0.5, 0.6) is 0 Å². The maximum Gasteiger partial charge on any atom is 0.304 e. The summed E-state index contributed by atoms with van der Waals surface area (Å²) in [6, 6.07) is -6.47. The normalized spacial score (nSPS) is 28.1. The van der Waals surface area contributed by atoms with Crippen LogP contribution < -0.4 is 16.0 Å². The number of hydrogen-bond donors (Lipinski definition) is 5. The molecule has 2 saturated heterocycles. The van der Waals surface area contributed by atoms with Gasteiger partial charge in [-0.15, -0.1) is 0 Å². The van der Waals surface area contributed by atoms with Gasteiger partial charge in [-0.2, -0.15) is 0 Å². The largest absolute Gasteiger partial charge is 0.462 e. The number of rotatable bonds is 13. The Kier molecular flexibility index (Phi) is 30.0. The molecule has 2 fully saturated rings. The molecule has 104 heavy (non-hydrogen) atoms. The van der Waals surface area contributed by atoms with Crippen LogP contribution in [0.2, 0.25) is 0 Å². The third-order valence-corrected chi connectivity index (χ3v) is 21.0. The summed E-state index contributed by atoms with van der Waals surface area (Å²) in [7, 11) is 11.5. The zero-order valence-corrected chi connectivity index (χ0v) is 66.2. The van der Waals surface area contributed by atoms with Gasteiger partial charge in [0.1, 0.15) is 72.2 Å². The minimum atomic E-state index is -2.20. The van der Waals surface area contributed by atoms with Crippen molar-refractivity contribution in [3.63, 3.8) is 0 Å². The third-order valence-electron chi connectivity index (χ3n) is 21.0. The first-order valence-corrected chi connectivity index (χ1v) is 35.9. The van der Waals surface area contributed by atoms with Crippen LogP contribution in [0.15, 0.2) is 24.3 Å². The van der Waals surface area contributed by atoms with Gasteiger partial charge in [0.2, 0.25) is 65.0 Å². The zero-order chi connectivity index (χ0) is 79.9. The lowest BCUT2D eigenvalue weighted by atomic mass is 9.90. The van der Waals surface area contributed by atoms with Crippen molar-refractivity contribution >= 4 is 88.5 Å². The second-order valence-corrected chi connectivity index (χ2v) is 30.8. The van der Waals surface area contributed by atoms with Crippen molar-refractivity contribution in [1.29, 1.82) is 0 Å². The van der Waals surface area contributed by atoms with E-state index in [1.165, 1.54) is 93.9 Å². The Morgan fingerprint density at radius 2 is 0.952 bits per heavy atom. The van der Waals surface area contributed by atoms with Gasteiger partial charge in [0, 0.05) is 101 Å². The van der Waals surface area contributed by atoms with Crippen molar-refractivity contribution in [2.24, 2.45) is 41.4 Å². The quantitative estimate of drug-likeness (QED) is 0.175. The van der Waals surface area contributed by atoms with Crippen LogP contribution >= 0.6 is 0 Å². The predicted molar refractivity (Wildman–Crippen MR) is 385 cm³/mol. The van der Waals surface area contributed by atoms with E-state index in [9.17, 15) is 34.2 Å². The number of para-hydroxylation sites is 1. The van der Waals surface area contributed by atoms with Gasteiger partial charge in [0.05, 0.1) is 18.7 Å². The molecule has 5 unspecified atom stereocenters. The number of nitrogens with one attached hydrogen (secondary N) is 3. The molecule has 0 spiro atoms. The minimum absolute atomic E-state index is 0.290. The molecule has 0 aromatic heterocycles. The summed E-state index contributed by atoms with van der Waals surface area (Å²) in [6.07, 6.45) is -4.41. The number of amides is 12. The van der Waals surface area contributed by atoms with Crippen molar-refractivity contribution in [3.8, 4) is 0 Å². The number of carbonyl (C=O) groups excluding carboxylic acids is 14. The van der Waals surface area contributed by atoms with Crippen LogP contribution in [0, 0.1) is 41.4 Å². The van der Waals surface area contributed by atoms with Gasteiger partial charge in [-0.3, -0.25) is 67.1 Å². The Morgan fingerprint density at radius 3 is 1.44 bits per heavy atom. The molecule has 3 aliphatic heterocycles. The molecule has 31 nitrogen and oxygen atoms in total. The molecule has 3 aliphatic rings. The molecule has 0 aliphatic carbocycles. The molecule has 584 valence electrons. The molecular formula is C73H119N13O18. The molecule has 16 atom stereocenters. The van der Waals surface area contributed by atoms with Crippen molar-refractivity contribution < 1.29 is 86.8 Å². The van der Waals surface area contributed by atoms with Gasteiger partial charge in [-0.05, 0) is 62.3 Å². The van der Waals surface area contributed by atoms with Crippen LogP contribution in [0.4, 0.5) is 5.69 Å². The first kappa shape index (κ1) is 87.9. The van der Waals surface area contributed by atoms with Crippen molar-refractivity contribution in [2.45, 2.75) is 228 Å². The van der Waals surface area contributed by atoms with Gasteiger partial charge in [-0.1, -0.05) is 121 Å². The van der Waals surface area contributed by atoms with Gasteiger partial charge < -0.3 is 84.6 Å². The van der Waals surface area contributed by atoms with Crippen LogP contribution in [0.1, 0.15) is 149 Å². The van der Waals surface area contributed by atoms with Gasteiger partial charge >= 0.3 is 11.9 Å². The Morgan fingerprint density at radius 1 is 0.510 bits per heavy atom. The predicted octanol–water partition coefficient (Wildman–Crippen LogP) is 1.51. The summed E-state index contributed by atoms with van der Waals surface area (Å²) < 4.78 is 11.1. The highest BCUT2D eigenvalue weighted by Crippen LogP contribution is 2.50. The molecule has 1 aromatic carbocycles. The Labute approximate surface area is 613 Å². The average Bonchev–Trinajstić information content (AvgIpc) is 1.55. The molecule has 0 radical (unpaired) electrons. The second kappa shape index (κ2) is 35.5. The summed E-state index contributed by atoms with van der Waals surface area (Å²) in [5, 5.41) is 33.4. The SMILES string of the molecule is CCC(C)[C@@H]1NC(=O)[C@H](C(C)C)N(C)C(=O)[C@@H]2C[C@@]3(O)c4ccccc4NC3N2C(=O)CN(C)C(=O)[C@H](C(C)CC)N(C)C(=O)[C@H](C(C)C)NC(=O)[C@@H](OC(C)=O)N(C)C(=O)[C@H](C(C)C(C)OC(C)=O)N(C)C(=O)[C@H](C(C)(C)O)N(C)C(=O)CN(C)C(=O)[C@H](C(C)C)N(C)C(=O)[C@H](C(C)C)N(C)C1=O. The van der Waals surface area contributed by atoms with Crippen molar-refractivity contribution in [2.75, 3.05) is 81.8 Å². The number of likely N-dealkylation sites (N-methyl/N-ethyl adjacent to an activating group) is 9. The van der Waals surface area contributed by atoms with Crippen molar-refractivity contribution in [3.05, 3.63) is 29.8 Å². The highest BCUT2D eigenvalue weighted by molar-refractivity contribution is 6.00. The Hall–Kier alpha value is -8.48. The highest BCUT2D eigenvalue weighted by atomic mass is 16.6. The van der Waals surface area contributed by atoms with E-state index in [4.69, 9.17) is 9.47 Å². The van der Waals surface area contributed by atoms with E-state index in [2.05, 4.69) is 16.0 Å². The van der Waals surface area contributed by atoms with Gasteiger partial charge in [-0.25, -0.2) is 0 Å². The first-order chi connectivity index (χ1) is 47.9. The van der Waals surface area contributed by atoms with Crippen LogP contribution in [-0.2, 0) is 82.2 Å². The number of esters is 2. The van der Waals surface area contributed by atoms with E-state index >= 15 is 43.2 Å². The van der Waals surface area contributed by atoms with Crippen LogP contribution in [-0.4, -0.2) is 297 Å². The molecule has 4 rings (SSSR count). The lowest BCUT2D eigenvalue weighted by Crippen LogP contribution is -2.65. The Balaban J connectivity index is 2.03. The maximum atomic E-state index is 15.5. The molecule has 3 heterocycles. The molecular weight excluding hydrogens is 1350 g/mol. The standard InChI is InChI=1S/C73H119N13O18/c1-28-41(11)53-64(95)81(23)56(40(9)10)67(98)82(24)55(39(7)8)65(96)77(19)35-50(89)79(21)59(72(17,18)101)69(100)84(26)58(43(13)44(14)103-45(15)87)68(99)85(27)70(104-46(16)88)61(92)75-52(37(3)4)63(94)83(25)57(42(12)29-2)66(97)78(20)36-51(90)86-49(62(93)80(22)54(38(5)6)60(91)76-53)34-73(102)47-32-30-31-33-48(47)74-71(73)86/h30-33,37-44,49,52-59,70-71,74,101-102H,28-29,34-36H2,1-27H3,(H,75,92)(H,76,91)/t41?,42?,43?,44?,49-,52-,53-,54-,55-,56-,57-,58-,59+,70+,71?,73+/m0/s1. The van der Waals surface area contributed by atoms with E-state index in [-0.39, 0.29) is 6.42 Å². The summed E-state index contributed by atoms with van der Waals surface area (Å²) in [5.74, 6) is -17.4. The molecule has 0 saturated carbocycles. The van der Waals surface area contributed by atoms with Crippen LogP contribution in [0.25, 0.3) is 0 Å². The summed E-state index contributed by atoms with van der Waals surface area (Å²) >= 11 is 0. The number of benzene rings is 1. The number of carbonyl (C=O) groups is 14. The number of nitrogens with zero attached hydrogens (tertiary/aromatic N) is 10. The van der Waals surface area contributed by atoms with E-state index < -0.39 is 221 Å². The third kappa shape index (κ3) is 19.0. The second-order valence-electron chi connectivity index (χ2n) is 30.8. The molecule has 1 aromatic rings.